The van der Waals surface area contributed by atoms with Crippen molar-refractivity contribution in [1.82, 2.24) is 44.1 Å². The van der Waals surface area contributed by atoms with E-state index >= 15 is 0 Å². The summed E-state index contributed by atoms with van der Waals surface area (Å²) in [5.74, 6) is 3.66. The number of fused-ring (bicyclic) bond motifs is 4. The van der Waals surface area contributed by atoms with Crippen LogP contribution in [0.5, 0.6) is 0 Å². The maximum Gasteiger partial charge on any atom is 0.254 e. The molecule has 121 heavy (non-hydrogen) atoms. The molecule has 9 heterocycles. The summed E-state index contributed by atoms with van der Waals surface area (Å²) < 4.78 is 2.00. The average Bonchev–Trinajstić information content (AvgIpc) is 1.80. The van der Waals surface area contributed by atoms with Crippen molar-refractivity contribution in [3.8, 4) is 0 Å². The quantitative estimate of drug-likeness (QED) is 0.0864. The van der Waals surface area contributed by atoms with Crippen molar-refractivity contribution in [2.24, 2.45) is 39.7 Å². The van der Waals surface area contributed by atoms with E-state index in [1.807, 2.05) is 99.8 Å². The van der Waals surface area contributed by atoms with Gasteiger partial charge in [0.1, 0.15) is 18.2 Å². The summed E-state index contributed by atoms with van der Waals surface area (Å²) in [5, 5.41) is 9.37. The van der Waals surface area contributed by atoms with E-state index in [0.29, 0.717) is 32.2 Å². The summed E-state index contributed by atoms with van der Waals surface area (Å²) in [5.41, 5.74) is 13.7. The number of carbonyl (C=O) groups is 6. The Kier molecular flexibility index (Phi) is 58.3. The van der Waals surface area contributed by atoms with Crippen LogP contribution in [0.3, 0.4) is 0 Å². The fraction of sp³-hybridized carbons (Fsp3) is 0.641. The molecular weight excluding hydrogens is 1500 g/mol. The first kappa shape index (κ1) is 111. The zero-order valence-corrected chi connectivity index (χ0v) is 81.3. The van der Waals surface area contributed by atoms with Gasteiger partial charge in [0.15, 0.2) is 0 Å². The van der Waals surface area contributed by atoms with E-state index in [2.05, 4.69) is 217 Å². The molecule has 8 atom stereocenters. The lowest BCUT2D eigenvalue weighted by molar-refractivity contribution is -0.159. The molecule has 680 valence electrons. The number of carbonyl (C=O) groups excluding carboxylic acids is 6. The number of amides is 6. The largest absolute Gasteiger partial charge is 0.392 e. The first-order valence-corrected chi connectivity index (χ1v) is 47.5. The number of para-hydroxylation sites is 2. The summed E-state index contributed by atoms with van der Waals surface area (Å²) in [6.45, 7) is 72.8. The van der Waals surface area contributed by atoms with Gasteiger partial charge in [-0.2, -0.15) is 5.10 Å². The van der Waals surface area contributed by atoms with Gasteiger partial charge in [0.05, 0.1) is 23.1 Å². The first-order valence-electron chi connectivity index (χ1n) is 47.5. The number of imide groups is 1. The normalized spacial score (nSPS) is 20.4. The van der Waals surface area contributed by atoms with E-state index in [-0.39, 0.29) is 59.4 Å². The Morgan fingerprint density at radius 3 is 1.27 bits per heavy atom. The number of hydrogen-bond acceptors (Lipinski definition) is 12. The van der Waals surface area contributed by atoms with E-state index in [1.165, 1.54) is 132 Å². The van der Waals surface area contributed by atoms with Gasteiger partial charge in [-0.15, -0.1) is 0 Å². The Labute approximate surface area is 737 Å². The fourth-order valence-corrected chi connectivity index (χ4v) is 15.3. The SMILES string of the molecule is C=C1C(CC)CCN1CC.C=C1CC(CC)C(=O)N1CC.CCC.CCC.CCC.CCC.CCC1=NOC(CC)C1.CCC1=Nc2ccccc2C1.CCC1CC(=O)N(CC)C1=O.CCC1CCC(CC)C1.CCN1C(=O)C(C)N(CC)C(=O)C1C.CCN1Cc2ccccc2C1.CCN1Cc2ccccc2C1=O.CCn1ncc2ccccc21. The number of allylic oxidation sites excluding steroid dienone is 2. The second-order valence-electron chi connectivity index (χ2n) is 32.3. The van der Waals surface area contributed by atoms with Gasteiger partial charge in [0.2, 0.25) is 29.5 Å². The summed E-state index contributed by atoms with van der Waals surface area (Å²) >= 11 is 0. The van der Waals surface area contributed by atoms with Crippen molar-refractivity contribution in [2.75, 3.05) is 52.4 Å². The number of likely N-dealkylation sites (N-methyl/N-ethyl adjacent to an activating group) is 2. The molecule has 5 aromatic rings. The van der Waals surface area contributed by atoms with Crippen molar-refractivity contribution in [3.63, 3.8) is 0 Å². The van der Waals surface area contributed by atoms with Gasteiger partial charge in [-0.3, -0.25) is 48.2 Å². The highest BCUT2D eigenvalue weighted by molar-refractivity contribution is 6.03. The van der Waals surface area contributed by atoms with Gasteiger partial charge in [0, 0.05) is 131 Å². The lowest BCUT2D eigenvalue weighted by Crippen LogP contribution is -2.62. The minimum absolute atomic E-state index is 0.00986. The molecule has 18 nitrogen and oxygen atoms in total. The summed E-state index contributed by atoms with van der Waals surface area (Å²) in [4.78, 5) is 91.7. The molecule has 4 saturated heterocycles. The molecule has 8 aliphatic heterocycles. The third-order valence-electron chi connectivity index (χ3n) is 22.8. The van der Waals surface area contributed by atoms with Crippen LogP contribution in [-0.2, 0) is 61.4 Å². The Morgan fingerprint density at radius 1 is 0.430 bits per heavy atom. The van der Waals surface area contributed by atoms with E-state index in [0.717, 1.165) is 138 Å². The number of rotatable bonds is 16. The van der Waals surface area contributed by atoms with E-state index in [1.54, 1.807) is 28.5 Å². The average molecular weight is 1680 g/mol. The topological polar surface area (TPSA) is 177 Å². The van der Waals surface area contributed by atoms with Crippen molar-refractivity contribution in [3.05, 3.63) is 156 Å². The Balaban J connectivity index is 0.000000663. The van der Waals surface area contributed by atoms with E-state index in [9.17, 15) is 28.8 Å². The highest BCUT2D eigenvalue weighted by atomic mass is 16.6. The van der Waals surface area contributed by atoms with Gasteiger partial charge in [-0.1, -0.05) is 266 Å². The van der Waals surface area contributed by atoms with Crippen LogP contribution in [0.25, 0.3) is 10.9 Å². The minimum atomic E-state index is -0.302. The van der Waals surface area contributed by atoms with Crippen LogP contribution < -0.4 is 0 Å². The number of aliphatic imine (C=N–C) groups is 1. The smallest absolute Gasteiger partial charge is 0.254 e. The van der Waals surface area contributed by atoms with Gasteiger partial charge in [-0.05, 0) is 185 Å². The van der Waals surface area contributed by atoms with Crippen molar-refractivity contribution >= 4 is 63.5 Å². The Bertz CT molecular complexity index is 3690. The number of likely N-dealkylation sites (tertiary alicyclic amines) is 3. The monoisotopic (exact) mass is 1670 g/mol. The highest BCUT2D eigenvalue weighted by Gasteiger charge is 2.40. The van der Waals surface area contributed by atoms with Crippen LogP contribution in [0.15, 0.2) is 138 Å². The predicted molar refractivity (Wildman–Crippen MR) is 513 cm³/mol. The zero-order valence-electron chi connectivity index (χ0n) is 81.3. The molecule has 0 spiro atoms. The predicted octanol–water partition coefficient (Wildman–Crippen LogP) is 24.6. The molecule has 9 aliphatic rings. The number of piperazine rings is 1. The number of aryl methyl sites for hydroxylation is 1. The molecule has 6 amide bonds. The second kappa shape index (κ2) is 63.6. The molecule has 0 bridgehead atoms. The van der Waals surface area contributed by atoms with Crippen LogP contribution in [0, 0.1) is 29.6 Å². The molecule has 8 unspecified atom stereocenters. The van der Waals surface area contributed by atoms with Gasteiger partial charge in [-0.25, -0.2) is 0 Å². The Morgan fingerprint density at radius 2 is 0.901 bits per heavy atom. The highest BCUT2D eigenvalue weighted by Crippen LogP contribution is 2.35. The van der Waals surface area contributed by atoms with Gasteiger partial charge < -0.3 is 29.3 Å². The molecule has 18 heteroatoms. The van der Waals surface area contributed by atoms with E-state index < -0.39 is 0 Å². The number of hydrogen-bond donors (Lipinski definition) is 0. The summed E-state index contributed by atoms with van der Waals surface area (Å²) in [6, 6.07) is 32.5. The molecule has 4 aromatic carbocycles. The standard InChI is InChI=1S/C10H18N2O2.C10H11NO.C10H13N.C10H11N.C9H10N2.C9H15NO.C9H17N.C9H18.C8H13NO2.C7H13NO.4C3H8/c1-5-11-7(3)10(14)12(6-2)8(4)9(11)13;1-2-11-7-8-5-3-4-6-9(8)10(11)12;1-2-11-7-9-5-3-4-6-10(9)8-11;1-2-9-7-8-5-3-4-6-10(8)11-9;1-2-11-9-6-4-3-5-8(9)7-10-11;1-4-8-6-7(3)10(5-2)9(8)11;1-4-9-6-7-10(5-2)8(9)3;1-3-8-5-6-9(4-2)7-8;1-3-6-5-7(10)9(4-2)8(6)11;1-3-6-5-7(4-2)9-8-6;4*1-3-2/h7-8H,5-6H2,1-4H3;3-6H,2,7H2,1H3;3-6H,2,7-8H2,1H3;3-6H,2,7H2,1H3;3-7H,2H2,1H3;8H,3-6H2,1-2H3;9H,3-7H2,1-2H3;8-9H,3-7H2,1-2H3;6H,3-5H2,1-2H3;7H,3-5H2,1-2H3;4*3H2,1-2H3. The zero-order chi connectivity index (χ0) is 91.1. The number of oxime groups is 1. The molecule has 1 aliphatic carbocycles. The summed E-state index contributed by atoms with van der Waals surface area (Å²) in [6.07, 6.45) is 25.5. The van der Waals surface area contributed by atoms with Crippen LogP contribution in [0.1, 0.15) is 335 Å². The molecule has 14 rings (SSSR count). The number of benzene rings is 4. The maximum absolute atomic E-state index is 11.8. The number of aromatic nitrogens is 2. The lowest BCUT2D eigenvalue weighted by atomic mass is 10.0. The van der Waals surface area contributed by atoms with Crippen molar-refractivity contribution in [1.29, 1.82) is 0 Å². The lowest BCUT2D eigenvalue weighted by Gasteiger charge is -2.41. The van der Waals surface area contributed by atoms with E-state index in [4.69, 9.17) is 4.84 Å². The molecular formula is C103H171N11O7. The number of nitrogens with zero attached hydrogens (tertiary/aromatic N) is 11. The molecule has 0 radical (unpaired) electrons. The van der Waals surface area contributed by atoms with Crippen molar-refractivity contribution in [2.45, 2.75) is 353 Å². The second-order valence-corrected chi connectivity index (χ2v) is 32.3. The Hall–Kier alpha value is -8.25. The van der Waals surface area contributed by atoms with Crippen LogP contribution in [0.2, 0.25) is 0 Å². The maximum atomic E-state index is 11.8. The third kappa shape index (κ3) is 36.6. The van der Waals surface area contributed by atoms with Gasteiger partial charge >= 0.3 is 0 Å². The minimum Gasteiger partial charge on any atom is -0.392 e. The van der Waals surface area contributed by atoms with Crippen LogP contribution in [-0.4, -0.2) is 161 Å². The van der Waals surface area contributed by atoms with Crippen molar-refractivity contribution < 1.29 is 33.6 Å². The molecule has 5 fully saturated rings. The first-order chi connectivity index (χ1) is 58.2. The third-order valence-corrected chi connectivity index (χ3v) is 22.8. The molecule has 1 aromatic heterocycles. The fourth-order valence-electron chi connectivity index (χ4n) is 15.3. The molecule has 0 N–H and O–H groups in total. The van der Waals surface area contributed by atoms with Gasteiger partial charge in [0.25, 0.3) is 5.91 Å². The molecule has 1 saturated carbocycles. The summed E-state index contributed by atoms with van der Waals surface area (Å²) in [7, 11) is 0. The van der Waals surface area contributed by atoms with Crippen LogP contribution in [0.4, 0.5) is 5.69 Å². The van der Waals surface area contributed by atoms with Crippen LogP contribution >= 0.6 is 0 Å².